The molecule has 0 amide bonds. The number of nitrogens with zero attached hydrogens (tertiary/aromatic N) is 2. The molecule has 1 saturated heterocycles. The van der Waals surface area contributed by atoms with E-state index in [0.29, 0.717) is 36.1 Å². The topological polar surface area (TPSA) is 45.6 Å². The molecular formula is C20H22F2N2O2. The molecule has 138 valence electrons. The number of fused-ring (bicyclic) bond motifs is 1. The molecule has 2 aromatic rings. The Morgan fingerprint density at radius 2 is 1.81 bits per heavy atom. The maximum Gasteiger partial charge on any atom is 0.145 e. The van der Waals surface area contributed by atoms with Crippen molar-refractivity contribution in [3.8, 4) is 5.75 Å². The minimum atomic E-state index is -0.543. The smallest absolute Gasteiger partial charge is 0.145 e. The minimum absolute atomic E-state index is 0.278. The number of hydrogen-bond donors (Lipinski definition) is 1. The zero-order valence-corrected chi connectivity index (χ0v) is 14.4. The van der Waals surface area contributed by atoms with E-state index in [2.05, 4.69) is 9.88 Å². The van der Waals surface area contributed by atoms with Gasteiger partial charge in [-0.2, -0.15) is 0 Å². The zero-order valence-electron chi connectivity index (χ0n) is 14.4. The average molecular weight is 360 g/mol. The molecule has 1 aliphatic carbocycles. The van der Waals surface area contributed by atoms with Gasteiger partial charge in [-0.25, -0.2) is 8.78 Å². The SMILES string of the molecule is O[C@@H]1C[C@H]2CN(Cc3ccncc3F)C[C@H]2C[C@H]1Oc1ccc(F)cc1. The van der Waals surface area contributed by atoms with Crippen LogP contribution in [0.15, 0.2) is 42.7 Å². The van der Waals surface area contributed by atoms with Gasteiger partial charge in [0.05, 0.1) is 12.3 Å². The van der Waals surface area contributed by atoms with E-state index in [9.17, 15) is 13.9 Å². The fourth-order valence-corrected chi connectivity index (χ4v) is 4.20. The third kappa shape index (κ3) is 3.71. The molecule has 1 saturated carbocycles. The van der Waals surface area contributed by atoms with E-state index in [1.54, 1.807) is 24.4 Å². The number of hydrogen-bond acceptors (Lipinski definition) is 4. The molecule has 4 rings (SSSR count). The molecule has 0 radical (unpaired) electrons. The van der Waals surface area contributed by atoms with Crippen molar-refractivity contribution in [3.63, 3.8) is 0 Å². The third-order valence-electron chi connectivity index (χ3n) is 5.51. The number of ether oxygens (including phenoxy) is 1. The summed E-state index contributed by atoms with van der Waals surface area (Å²) in [4.78, 5) is 6.03. The summed E-state index contributed by atoms with van der Waals surface area (Å²) in [5, 5.41) is 10.5. The van der Waals surface area contributed by atoms with E-state index in [0.717, 1.165) is 19.5 Å². The summed E-state index contributed by atoms with van der Waals surface area (Å²) in [5.74, 6) is 0.788. The van der Waals surface area contributed by atoms with Gasteiger partial charge in [-0.05, 0) is 55.0 Å². The Balaban J connectivity index is 1.38. The Morgan fingerprint density at radius 3 is 2.54 bits per heavy atom. The number of rotatable bonds is 4. The zero-order chi connectivity index (χ0) is 18.1. The minimum Gasteiger partial charge on any atom is -0.488 e. The van der Waals surface area contributed by atoms with Crippen molar-refractivity contribution in [1.29, 1.82) is 0 Å². The molecule has 4 nitrogen and oxygen atoms in total. The normalized spacial score (nSPS) is 28.7. The highest BCUT2D eigenvalue weighted by Gasteiger charge is 2.42. The van der Waals surface area contributed by atoms with Crippen LogP contribution in [0.1, 0.15) is 18.4 Å². The maximum absolute atomic E-state index is 13.8. The number of aliphatic hydroxyl groups is 1. The molecule has 0 bridgehead atoms. The number of likely N-dealkylation sites (tertiary alicyclic amines) is 1. The molecule has 1 aromatic heterocycles. The Labute approximate surface area is 151 Å². The number of pyridine rings is 1. The van der Waals surface area contributed by atoms with Gasteiger partial charge in [0.15, 0.2) is 0 Å². The highest BCUT2D eigenvalue weighted by Crippen LogP contribution is 2.38. The second-order valence-corrected chi connectivity index (χ2v) is 7.33. The van der Waals surface area contributed by atoms with Gasteiger partial charge in [-0.1, -0.05) is 0 Å². The molecule has 1 aromatic carbocycles. The summed E-state index contributed by atoms with van der Waals surface area (Å²) in [6, 6.07) is 7.59. The Bertz CT molecular complexity index is 756. The Kier molecular flexibility index (Phi) is 4.87. The lowest BCUT2D eigenvalue weighted by Crippen LogP contribution is -2.42. The first-order chi connectivity index (χ1) is 12.6. The first-order valence-corrected chi connectivity index (χ1v) is 8.99. The highest BCUT2D eigenvalue weighted by molar-refractivity contribution is 5.22. The van der Waals surface area contributed by atoms with Gasteiger partial charge in [0.1, 0.15) is 23.5 Å². The molecule has 0 unspecified atom stereocenters. The fourth-order valence-electron chi connectivity index (χ4n) is 4.20. The van der Waals surface area contributed by atoms with Crippen LogP contribution in [0.3, 0.4) is 0 Å². The molecule has 2 heterocycles. The van der Waals surface area contributed by atoms with E-state index in [-0.39, 0.29) is 17.7 Å². The van der Waals surface area contributed by atoms with E-state index < -0.39 is 6.10 Å². The fraction of sp³-hybridized carbons (Fsp3) is 0.450. The van der Waals surface area contributed by atoms with Crippen molar-refractivity contribution < 1.29 is 18.6 Å². The van der Waals surface area contributed by atoms with Crippen molar-refractivity contribution in [2.24, 2.45) is 11.8 Å². The second kappa shape index (κ2) is 7.29. The van der Waals surface area contributed by atoms with E-state index >= 15 is 0 Å². The van der Waals surface area contributed by atoms with Gasteiger partial charge in [0.25, 0.3) is 0 Å². The first-order valence-electron chi connectivity index (χ1n) is 8.99. The van der Waals surface area contributed by atoms with Crippen LogP contribution in [-0.4, -0.2) is 40.3 Å². The van der Waals surface area contributed by atoms with Gasteiger partial charge >= 0.3 is 0 Å². The molecule has 2 fully saturated rings. The molecule has 1 N–H and O–H groups in total. The highest BCUT2D eigenvalue weighted by atomic mass is 19.1. The van der Waals surface area contributed by atoms with Crippen LogP contribution in [0.5, 0.6) is 5.75 Å². The molecule has 4 atom stereocenters. The molecule has 1 aliphatic heterocycles. The summed E-state index contributed by atoms with van der Waals surface area (Å²) in [6.07, 6.45) is 3.44. The Hall–Kier alpha value is -2.05. The molecule has 2 aliphatic rings. The van der Waals surface area contributed by atoms with Crippen LogP contribution >= 0.6 is 0 Å². The third-order valence-corrected chi connectivity index (χ3v) is 5.51. The van der Waals surface area contributed by atoms with Crippen molar-refractivity contribution in [1.82, 2.24) is 9.88 Å². The lowest BCUT2D eigenvalue weighted by Gasteiger charge is -2.35. The Morgan fingerprint density at radius 1 is 1.08 bits per heavy atom. The van der Waals surface area contributed by atoms with E-state index in [1.807, 2.05) is 0 Å². The number of aromatic nitrogens is 1. The van der Waals surface area contributed by atoms with Gasteiger partial charge in [-0.3, -0.25) is 9.88 Å². The van der Waals surface area contributed by atoms with E-state index in [1.165, 1.54) is 18.3 Å². The lowest BCUT2D eigenvalue weighted by molar-refractivity contribution is -0.0231. The van der Waals surface area contributed by atoms with Crippen LogP contribution in [0, 0.1) is 23.5 Å². The van der Waals surface area contributed by atoms with Crippen molar-refractivity contribution in [2.75, 3.05) is 13.1 Å². The first kappa shape index (κ1) is 17.4. The molecule has 6 heteroatoms. The molecular weight excluding hydrogens is 338 g/mol. The van der Waals surface area contributed by atoms with Crippen LogP contribution in [0.2, 0.25) is 0 Å². The van der Waals surface area contributed by atoms with Gasteiger partial charge < -0.3 is 9.84 Å². The van der Waals surface area contributed by atoms with E-state index in [4.69, 9.17) is 4.74 Å². The monoisotopic (exact) mass is 360 g/mol. The summed E-state index contributed by atoms with van der Waals surface area (Å²) < 4.78 is 32.8. The van der Waals surface area contributed by atoms with Gasteiger partial charge in [-0.15, -0.1) is 0 Å². The van der Waals surface area contributed by atoms with Crippen LogP contribution in [-0.2, 0) is 6.54 Å². The average Bonchev–Trinajstić information content (AvgIpc) is 3.00. The standard InChI is InChI=1S/C20H22F2N2O2/c21-16-1-3-17(4-2-16)26-20-8-15-12-24(11-14(15)7-19(20)25)10-13-5-6-23-9-18(13)22/h1-6,9,14-15,19-20,25H,7-8,10-12H2/t14-,15+,19+,20+/m0/s1. The number of halogens is 2. The van der Waals surface area contributed by atoms with Crippen molar-refractivity contribution >= 4 is 0 Å². The van der Waals surface area contributed by atoms with Crippen molar-refractivity contribution in [2.45, 2.75) is 31.6 Å². The van der Waals surface area contributed by atoms with Gasteiger partial charge in [0, 0.05) is 31.4 Å². The summed E-state index contributed by atoms with van der Waals surface area (Å²) >= 11 is 0. The van der Waals surface area contributed by atoms with Crippen LogP contribution in [0.25, 0.3) is 0 Å². The molecule has 26 heavy (non-hydrogen) atoms. The van der Waals surface area contributed by atoms with Gasteiger partial charge in [0.2, 0.25) is 0 Å². The summed E-state index contributed by atoms with van der Waals surface area (Å²) in [7, 11) is 0. The number of benzene rings is 1. The van der Waals surface area contributed by atoms with Crippen LogP contribution in [0.4, 0.5) is 8.78 Å². The van der Waals surface area contributed by atoms with Crippen molar-refractivity contribution in [3.05, 3.63) is 59.9 Å². The second-order valence-electron chi connectivity index (χ2n) is 7.33. The lowest BCUT2D eigenvalue weighted by atomic mass is 9.78. The summed E-state index contributed by atoms with van der Waals surface area (Å²) in [5.41, 5.74) is 0.651. The number of aliphatic hydroxyl groups excluding tert-OH is 1. The quantitative estimate of drug-likeness (QED) is 0.911. The summed E-state index contributed by atoms with van der Waals surface area (Å²) in [6.45, 7) is 2.27. The predicted molar refractivity (Wildman–Crippen MR) is 92.5 cm³/mol. The largest absolute Gasteiger partial charge is 0.488 e. The predicted octanol–water partition coefficient (Wildman–Crippen LogP) is 3.01. The van der Waals surface area contributed by atoms with Crippen LogP contribution < -0.4 is 4.74 Å². The molecule has 0 spiro atoms. The maximum atomic E-state index is 13.8.